The Kier molecular flexibility index (Phi) is 6.81. The van der Waals surface area contributed by atoms with Crippen molar-refractivity contribution in [3.05, 3.63) is 35.0 Å². The number of aromatic nitrogens is 1. The maximum Gasteiger partial charge on any atom is 0.573 e. The summed E-state index contributed by atoms with van der Waals surface area (Å²) in [6, 6.07) is 6.02. The van der Waals surface area contributed by atoms with Crippen LogP contribution in [0.1, 0.15) is 32.3 Å². The number of hydrogen-bond acceptors (Lipinski definition) is 4. The van der Waals surface area contributed by atoms with E-state index in [0.29, 0.717) is 16.4 Å². The van der Waals surface area contributed by atoms with E-state index in [9.17, 15) is 13.2 Å². The first-order chi connectivity index (χ1) is 12.7. The summed E-state index contributed by atoms with van der Waals surface area (Å²) in [6.07, 6.45) is -2.88. The zero-order valence-corrected chi connectivity index (χ0v) is 16.3. The Hall–Kier alpha value is -2.15. The van der Waals surface area contributed by atoms with E-state index in [0.717, 1.165) is 24.1 Å². The van der Waals surface area contributed by atoms with Gasteiger partial charge in [0, 0.05) is 17.7 Å². The minimum atomic E-state index is -4.77. The summed E-state index contributed by atoms with van der Waals surface area (Å²) < 4.78 is 46.4. The number of pyridine rings is 1. The van der Waals surface area contributed by atoms with Crippen LogP contribution in [0.3, 0.4) is 0 Å². The van der Waals surface area contributed by atoms with E-state index in [2.05, 4.69) is 28.9 Å². The van der Waals surface area contributed by atoms with Crippen LogP contribution in [0.5, 0.6) is 11.5 Å². The topological polar surface area (TPSA) is 43.4 Å². The molecule has 0 aliphatic rings. The van der Waals surface area contributed by atoms with E-state index < -0.39 is 6.36 Å². The zero-order chi connectivity index (χ0) is 20.2. The van der Waals surface area contributed by atoms with E-state index in [1.807, 2.05) is 13.0 Å². The Morgan fingerprint density at radius 1 is 1.19 bits per heavy atom. The molecule has 4 nitrogen and oxygen atoms in total. The normalized spacial score (nSPS) is 11.6. The van der Waals surface area contributed by atoms with E-state index >= 15 is 0 Å². The lowest BCUT2D eigenvalue weighted by molar-refractivity contribution is -0.274. The first-order valence-corrected chi connectivity index (χ1v) is 8.94. The summed E-state index contributed by atoms with van der Waals surface area (Å²) >= 11 is 6.34. The molecule has 148 valence electrons. The molecule has 0 radical (unpaired) electrons. The number of alkyl halides is 3. The molecule has 8 heteroatoms. The van der Waals surface area contributed by atoms with Crippen molar-refractivity contribution in [1.82, 2.24) is 4.98 Å². The third-order valence-corrected chi connectivity index (χ3v) is 4.46. The molecule has 0 saturated heterocycles. The highest BCUT2D eigenvalue weighted by Crippen LogP contribution is 2.37. The molecule has 2 rings (SSSR count). The van der Waals surface area contributed by atoms with Crippen LogP contribution in [0.4, 0.5) is 18.9 Å². The second kappa shape index (κ2) is 8.69. The molecular formula is C19H22ClF3N2O2. The van der Waals surface area contributed by atoms with Crippen LogP contribution < -0.4 is 14.8 Å². The van der Waals surface area contributed by atoms with Crippen molar-refractivity contribution in [3.8, 4) is 22.8 Å². The molecule has 0 spiro atoms. The second-order valence-electron chi connectivity index (χ2n) is 6.06. The molecule has 0 saturated carbocycles. The van der Waals surface area contributed by atoms with Gasteiger partial charge in [-0.05, 0) is 43.5 Å². The van der Waals surface area contributed by atoms with Gasteiger partial charge in [-0.25, -0.2) is 4.98 Å². The number of aryl methyl sites for hydroxylation is 1. The molecule has 1 aromatic heterocycles. The first-order valence-electron chi connectivity index (χ1n) is 8.56. The number of hydrogen-bond donors (Lipinski definition) is 1. The summed E-state index contributed by atoms with van der Waals surface area (Å²) in [5.41, 5.74) is 2.60. The van der Waals surface area contributed by atoms with Crippen LogP contribution in [-0.2, 0) is 0 Å². The molecule has 27 heavy (non-hydrogen) atoms. The van der Waals surface area contributed by atoms with Crippen molar-refractivity contribution in [2.75, 3.05) is 12.4 Å². The molecule has 0 aliphatic carbocycles. The number of nitrogens with zero attached hydrogens (tertiary/aromatic N) is 1. The highest BCUT2D eigenvalue weighted by atomic mass is 35.5. The SMILES string of the molecule is CCC(CC)Nc1cc(C)c(-c2ccc(OC(F)(F)F)cc2OC)nc1Cl. The Morgan fingerprint density at radius 3 is 2.41 bits per heavy atom. The highest BCUT2D eigenvalue weighted by molar-refractivity contribution is 6.32. The minimum Gasteiger partial charge on any atom is -0.496 e. The quantitative estimate of drug-likeness (QED) is 0.558. The fourth-order valence-electron chi connectivity index (χ4n) is 2.74. The molecule has 1 N–H and O–H groups in total. The predicted octanol–water partition coefficient (Wildman–Crippen LogP) is 6.22. The Morgan fingerprint density at radius 2 is 1.85 bits per heavy atom. The molecule has 2 aromatic rings. The molecule has 0 atom stereocenters. The van der Waals surface area contributed by atoms with Crippen LogP contribution in [-0.4, -0.2) is 24.5 Å². The third kappa shape index (κ3) is 5.42. The zero-order valence-electron chi connectivity index (χ0n) is 15.6. The monoisotopic (exact) mass is 402 g/mol. The minimum absolute atomic E-state index is 0.212. The smallest absolute Gasteiger partial charge is 0.496 e. The number of rotatable bonds is 7. The van der Waals surface area contributed by atoms with Crippen LogP contribution >= 0.6 is 11.6 Å². The van der Waals surface area contributed by atoms with Gasteiger partial charge >= 0.3 is 6.36 Å². The van der Waals surface area contributed by atoms with Crippen LogP contribution in [0.2, 0.25) is 5.15 Å². The van der Waals surface area contributed by atoms with E-state index in [1.165, 1.54) is 25.3 Å². The maximum absolute atomic E-state index is 12.4. The van der Waals surface area contributed by atoms with Gasteiger partial charge < -0.3 is 14.8 Å². The number of halogens is 4. The number of benzene rings is 1. The third-order valence-electron chi connectivity index (χ3n) is 4.17. The fraction of sp³-hybridized carbons (Fsp3) is 0.421. The van der Waals surface area contributed by atoms with Crippen molar-refractivity contribution < 1.29 is 22.6 Å². The lowest BCUT2D eigenvalue weighted by Crippen LogP contribution is -2.17. The van der Waals surface area contributed by atoms with Crippen molar-refractivity contribution in [1.29, 1.82) is 0 Å². The summed E-state index contributed by atoms with van der Waals surface area (Å²) in [7, 11) is 1.37. The van der Waals surface area contributed by atoms with Crippen molar-refractivity contribution in [2.24, 2.45) is 0 Å². The van der Waals surface area contributed by atoms with E-state index in [1.54, 1.807) is 0 Å². The molecule has 0 unspecified atom stereocenters. The van der Waals surface area contributed by atoms with E-state index in [4.69, 9.17) is 16.3 Å². The fourth-order valence-corrected chi connectivity index (χ4v) is 2.94. The number of ether oxygens (including phenoxy) is 2. The largest absolute Gasteiger partial charge is 0.573 e. The second-order valence-corrected chi connectivity index (χ2v) is 6.42. The molecular weight excluding hydrogens is 381 g/mol. The number of nitrogens with one attached hydrogen (secondary N) is 1. The average Bonchev–Trinajstić information content (AvgIpc) is 2.60. The standard InChI is InChI=1S/C19H22ClF3N2O2/c1-5-12(6-2)24-15-9-11(3)17(25-18(15)20)14-8-7-13(10-16(14)26-4)27-19(21,22)23/h7-10,12,24H,5-6H2,1-4H3. The van der Waals surface area contributed by atoms with Gasteiger partial charge in [0.05, 0.1) is 18.5 Å². The van der Waals surface area contributed by atoms with Crippen molar-refractivity contribution in [3.63, 3.8) is 0 Å². The van der Waals surface area contributed by atoms with Gasteiger partial charge in [-0.3, -0.25) is 0 Å². The van der Waals surface area contributed by atoms with Gasteiger partial charge in [0.15, 0.2) is 5.15 Å². The van der Waals surface area contributed by atoms with Crippen LogP contribution in [0.15, 0.2) is 24.3 Å². The molecule has 1 heterocycles. The number of anilines is 1. The summed E-state index contributed by atoms with van der Waals surface area (Å²) in [4.78, 5) is 4.44. The van der Waals surface area contributed by atoms with Crippen molar-refractivity contribution in [2.45, 2.75) is 46.0 Å². The lowest BCUT2D eigenvalue weighted by Gasteiger charge is -2.19. The Bertz CT molecular complexity index is 793. The van der Waals surface area contributed by atoms with Gasteiger partial charge in [-0.2, -0.15) is 0 Å². The van der Waals surface area contributed by atoms with Crippen LogP contribution in [0, 0.1) is 6.92 Å². The summed E-state index contributed by atoms with van der Waals surface area (Å²) in [5.74, 6) is -0.150. The van der Waals surface area contributed by atoms with Gasteiger partial charge in [0.1, 0.15) is 11.5 Å². The van der Waals surface area contributed by atoms with Gasteiger partial charge in [-0.15, -0.1) is 13.2 Å². The summed E-state index contributed by atoms with van der Waals surface area (Å²) in [5, 5.41) is 3.65. The van der Waals surface area contributed by atoms with Gasteiger partial charge in [0.25, 0.3) is 0 Å². The predicted molar refractivity (Wildman–Crippen MR) is 101 cm³/mol. The maximum atomic E-state index is 12.4. The Labute approximate surface area is 161 Å². The first kappa shape index (κ1) is 21.2. The molecule has 0 amide bonds. The summed E-state index contributed by atoms with van der Waals surface area (Å²) in [6.45, 7) is 6.02. The molecule has 0 aliphatic heterocycles. The highest BCUT2D eigenvalue weighted by Gasteiger charge is 2.31. The van der Waals surface area contributed by atoms with Gasteiger partial charge in [0.2, 0.25) is 0 Å². The molecule has 0 fully saturated rings. The lowest BCUT2D eigenvalue weighted by atomic mass is 10.0. The molecule has 0 bridgehead atoms. The van der Waals surface area contributed by atoms with Gasteiger partial charge in [-0.1, -0.05) is 25.4 Å². The average molecular weight is 403 g/mol. The van der Waals surface area contributed by atoms with E-state index in [-0.39, 0.29) is 17.5 Å². The molecule has 1 aromatic carbocycles. The number of methoxy groups -OCH3 is 1. The Balaban J connectivity index is 2.41. The van der Waals surface area contributed by atoms with Crippen molar-refractivity contribution >= 4 is 17.3 Å². The van der Waals surface area contributed by atoms with Crippen LogP contribution in [0.25, 0.3) is 11.3 Å².